The molecule has 2 heterocycles. The zero-order valence-electron chi connectivity index (χ0n) is 15.9. The largest absolute Gasteiger partial charge is 0.324 e. The standard InChI is InChI=1S/2C11H12N2.2ClH/c2*1-8(12)9-2-3-11-7-13-5-4-10(11)6-9;;/h2*2-8H,12H2,1H3;2*1H. The van der Waals surface area contributed by atoms with Gasteiger partial charge in [0.25, 0.3) is 0 Å². The molecule has 0 aliphatic carbocycles. The van der Waals surface area contributed by atoms with Crippen LogP contribution in [-0.4, -0.2) is 9.97 Å². The summed E-state index contributed by atoms with van der Waals surface area (Å²) in [7, 11) is 0. The first-order chi connectivity index (χ1) is 12.5. The van der Waals surface area contributed by atoms with Crippen LogP contribution in [0.25, 0.3) is 21.5 Å². The van der Waals surface area contributed by atoms with E-state index in [1.165, 1.54) is 21.9 Å². The molecule has 4 aromatic rings. The van der Waals surface area contributed by atoms with Crippen LogP contribution in [0, 0.1) is 0 Å². The fourth-order valence-electron chi connectivity index (χ4n) is 2.77. The molecule has 0 radical (unpaired) electrons. The Balaban J connectivity index is 0.000000261. The van der Waals surface area contributed by atoms with Crippen molar-refractivity contribution < 1.29 is 0 Å². The molecule has 28 heavy (non-hydrogen) atoms. The van der Waals surface area contributed by atoms with Gasteiger partial charge in [-0.15, -0.1) is 24.8 Å². The summed E-state index contributed by atoms with van der Waals surface area (Å²) >= 11 is 0. The fraction of sp³-hybridized carbons (Fsp3) is 0.182. The first-order valence-corrected chi connectivity index (χ1v) is 8.73. The van der Waals surface area contributed by atoms with Crippen LogP contribution in [-0.2, 0) is 0 Å². The summed E-state index contributed by atoms with van der Waals surface area (Å²) in [5.74, 6) is 0. The van der Waals surface area contributed by atoms with Crippen LogP contribution in [0.4, 0.5) is 0 Å². The van der Waals surface area contributed by atoms with Crippen LogP contribution in [0.5, 0.6) is 0 Å². The molecule has 0 aliphatic rings. The van der Waals surface area contributed by atoms with Crippen molar-refractivity contribution >= 4 is 46.4 Å². The molecule has 4 nitrogen and oxygen atoms in total. The lowest BCUT2D eigenvalue weighted by molar-refractivity contribution is 0.820. The van der Waals surface area contributed by atoms with Crippen molar-refractivity contribution in [2.75, 3.05) is 0 Å². The molecule has 0 aliphatic heterocycles. The molecule has 0 bridgehead atoms. The van der Waals surface area contributed by atoms with E-state index in [1.54, 1.807) is 12.4 Å². The quantitative estimate of drug-likeness (QED) is 0.461. The zero-order chi connectivity index (χ0) is 18.5. The van der Waals surface area contributed by atoms with Gasteiger partial charge in [0.2, 0.25) is 0 Å². The molecule has 2 aromatic carbocycles. The monoisotopic (exact) mass is 416 g/mol. The topological polar surface area (TPSA) is 77.8 Å². The van der Waals surface area contributed by atoms with Crippen molar-refractivity contribution in [2.24, 2.45) is 11.5 Å². The van der Waals surface area contributed by atoms with Crippen LogP contribution in [0.2, 0.25) is 0 Å². The molecule has 0 amide bonds. The Morgan fingerprint density at radius 2 is 1.00 bits per heavy atom. The van der Waals surface area contributed by atoms with E-state index < -0.39 is 0 Å². The van der Waals surface area contributed by atoms with Gasteiger partial charge in [0, 0.05) is 47.6 Å². The summed E-state index contributed by atoms with van der Waals surface area (Å²) in [6, 6.07) is 16.6. The van der Waals surface area contributed by atoms with Crippen molar-refractivity contribution in [1.29, 1.82) is 0 Å². The SMILES string of the molecule is CC(N)c1ccc2cnccc2c1.CC(N)c1ccc2cnccc2c1.Cl.Cl. The summed E-state index contributed by atoms with van der Waals surface area (Å²) in [5, 5.41) is 4.72. The molecule has 148 valence electrons. The van der Waals surface area contributed by atoms with Crippen LogP contribution in [0.3, 0.4) is 0 Å². The molecule has 0 fully saturated rings. The number of pyridine rings is 2. The molecular formula is C22H26Cl2N4. The number of hydrogen-bond acceptors (Lipinski definition) is 4. The predicted molar refractivity (Wildman–Crippen MR) is 123 cm³/mol. The number of fused-ring (bicyclic) bond motifs is 2. The van der Waals surface area contributed by atoms with Gasteiger partial charge < -0.3 is 11.5 Å². The van der Waals surface area contributed by atoms with Gasteiger partial charge in [0.05, 0.1) is 0 Å². The maximum atomic E-state index is 5.79. The van der Waals surface area contributed by atoms with Gasteiger partial charge in [0.15, 0.2) is 0 Å². The molecular weight excluding hydrogens is 391 g/mol. The summed E-state index contributed by atoms with van der Waals surface area (Å²) in [6.07, 6.45) is 7.32. The Labute approximate surface area is 178 Å². The number of nitrogens with zero attached hydrogens (tertiary/aromatic N) is 2. The van der Waals surface area contributed by atoms with Crippen LogP contribution in [0.15, 0.2) is 73.3 Å². The Bertz CT molecular complexity index is 936. The Morgan fingerprint density at radius 3 is 1.36 bits per heavy atom. The van der Waals surface area contributed by atoms with Gasteiger partial charge in [-0.2, -0.15) is 0 Å². The van der Waals surface area contributed by atoms with Gasteiger partial charge in [-0.05, 0) is 60.0 Å². The number of halogens is 2. The first-order valence-electron chi connectivity index (χ1n) is 8.73. The maximum Gasteiger partial charge on any atom is 0.0346 e. The molecule has 0 saturated carbocycles. The minimum Gasteiger partial charge on any atom is -0.324 e. The van der Waals surface area contributed by atoms with E-state index in [1.807, 2.05) is 38.4 Å². The van der Waals surface area contributed by atoms with Crippen molar-refractivity contribution in [3.05, 3.63) is 84.4 Å². The summed E-state index contributed by atoms with van der Waals surface area (Å²) in [4.78, 5) is 8.11. The van der Waals surface area contributed by atoms with Crippen molar-refractivity contribution in [2.45, 2.75) is 25.9 Å². The fourth-order valence-corrected chi connectivity index (χ4v) is 2.77. The second kappa shape index (κ2) is 10.9. The molecule has 0 spiro atoms. The summed E-state index contributed by atoms with van der Waals surface area (Å²) in [6.45, 7) is 3.98. The van der Waals surface area contributed by atoms with E-state index >= 15 is 0 Å². The highest BCUT2D eigenvalue weighted by molar-refractivity contribution is 5.85. The van der Waals surface area contributed by atoms with Gasteiger partial charge in [-0.1, -0.05) is 24.3 Å². The predicted octanol–water partition coefficient (Wildman–Crippen LogP) is 5.35. The number of aromatic nitrogens is 2. The molecule has 0 saturated heterocycles. The average Bonchev–Trinajstić information content (AvgIpc) is 2.67. The van der Waals surface area contributed by atoms with Crippen molar-refractivity contribution in [1.82, 2.24) is 9.97 Å². The first kappa shape index (κ1) is 23.8. The van der Waals surface area contributed by atoms with Crippen LogP contribution >= 0.6 is 24.8 Å². The van der Waals surface area contributed by atoms with Crippen LogP contribution in [0.1, 0.15) is 37.1 Å². The zero-order valence-corrected chi connectivity index (χ0v) is 17.6. The van der Waals surface area contributed by atoms with Crippen LogP contribution < -0.4 is 11.5 Å². The molecule has 4 N–H and O–H groups in total. The second-order valence-electron chi connectivity index (χ2n) is 6.54. The lowest BCUT2D eigenvalue weighted by atomic mass is 10.1. The Kier molecular flexibility index (Phi) is 9.29. The minimum absolute atomic E-state index is 0. The molecule has 2 atom stereocenters. The normalized spacial score (nSPS) is 12.1. The lowest BCUT2D eigenvalue weighted by Gasteiger charge is -2.06. The van der Waals surface area contributed by atoms with Gasteiger partial charge in [-0.25, -0.2) is 0 Å². The highest BCUT2D eigenvalue weighted by Gasteiger charge is 2.00. The van der Waals surface area contributed by atoms with E-state index in [9.17, 15) is 0 Å². The van der Waals surface area contributed by atoms with E-state index in [4.69, 9.17) is 11.5 Å². The third-order valence-corrected chi connectivity index (χ3v) is 4.38. The molecule has 6 heteroatoms. The highest BCUT2D eigenvalue weighted by atomic mass is 35.5. The third-order valence-electron chi connectivity index (χ3n) is 4.38. The van der Waals surface area contributed by atoms with Crippen molar-refractivity contribution in [3.8, 4) is 0 Å². The van der Waals surface area contributed by atoms with Gasteiger partial charge in [0.1, 0.15) is 0 Å². The highest BCUT2D eigenvalue weighted by Crippen LogP contribution is 2.18. The summed E-state index contributed by atoms with van der Waals surface area (Å²) < 4.78 is 0. The summed E-state index contributed by atoms with van der Waals surface area (Å²) in [5.41, 5.74) is 13.9. The second-order valence-corrected chi connectivity index (χ2v) is 6.54. The smallest absolute Gasteiger partial charge is 0.0346 e. The number of benzene rings is 2. The van der Waals surface area contributed by atoms with Crippen molar-refractivity contribution in [3.63, 3.8) is 0 Å². The Morgan fingerprint density at radius 1 is 0.607 bits per heavy atom. The number of nitrogens with two attached hydrogens (primary N) is 2. The molecule has 2 unspecified atom stereocenters. The van der Waals surface area contributed by atoms with Gasteiger partial charge in [-0.3, -0.25) is 9.97 Å². The Hall–Kier alpha value is -2.24. The minimum atomic E-state index is 0. The van der Waals surface area contributed by atoms with E-state index in [-0.39, 0.29) is 36.9 Å². The van der Waals surface area contributed by atoms with E-state index in [0.29, 0.717) is 0 Å². The van der Waals surface area contributed by atoms with E-state index in [0.717, 1.165) is 10.8 Å². The number of hydrogen-bond donors (Lipinski definition) is 2. The third kappa shape index (κ3) is 5.88. The molecule has 4 rings (SSSR count). The van der Waals surface area contributed by atoms with E-state index in [2.05, 4.69) is 46.4 Å². The lowest BCUT2D eigenvalue weighted by Crippen LogP contribution is -2.04. The molecule has 2 aromatic heterocycles. The maximum absolute atomic E-state index is 5.79. The van der Waals surface area contributed by atoms with Gasteiger partial charge >= 0.3 is 0 Å². The average molecular weight is 417 g/mol. The number of rotatable bonds is 2.